The second-order valence-corrected chi connectivity index (χ2v) is 9.39. The Labute approximate surface area is 216 Å². The number of unbranched alkanes of at least 4 members (excludes halogenated alkanes) is 10. The molecular formula is C29H36O8. The summed E-state index contributed by atoms with van der Waals surface area (Å²) >= 11 is 0. The van der Waals surface area contributed by atoms with Gasteiger partial charge in [-0.25, -0.2) is 0 Å². The van der Waals surface area contributed by atoms with E-state index in [4.69, 9.17) is 9.15 Å². The van der Waals surface area contributed by atoms with Crippen molar-refractivity contribution < 1.29 is 34.4 Å². The quantitative estimate of drug-likeness (QED) is 0.135. The average molecular weight is 513 g/mol. The molecule has 0 atom stereocenters. The van der Waals surface area contributed by atoms with Crippen molar-refractivity contribution in [1.82, 2.24) is 0 Å². The lowest BCUT2D eigenvalue weighted by Gasteiger charge is -2.12. The predicted octanol–water partition coefficient (Wildman–Crippen LogP) is 6.89. The SMILES string of the molecule is CCCCCCCCCCCCCC(=O)Oc1c(-c2ccc(O)cc2O)oc2cc(O)cc(O)c2c1=O. The Morgan fingerprint density at radius 3 is 2.00 bits per heavy atom. The topological polar surface area (TPSA) is 137 Å². The van der Waals surface area contributed by atoms with E-state index in [1.807, 2.05) is 0 Å². The van der Waals surface area contributed by atoms with Crippen LogP contribution in [0.15, 0.2) is 39.5 Å². The molecule has 0 saturated carbocycles. The number of benzene rings is 2. The Bertz CT molecular complexity index is 1260. The number of hydrogen-bond acceptors (Lipinski definition) is 8. The number of hydrogen-bond donors (Lipinski definition) is 4. The van der Waals surface area contributed by atoms with Gasteiger partial charge in [0.15, 0.2) is 5.76 Å². The van der Waals surface area contributed by atoms with E-state index >= 15 is 0 Å². The number of aromatic hydroxyl groups is 4. The van der Waals surface area contributed by atoms with Gasteiger partial charge in [0.25, 0.3) is 0 Å². The van der Waals surface area contributed by atoms with Crippen LogP contribution in [0.2, 0.25) is 0 Å². The lowest BCUT2D eigenvalue weighted by Crippen LogP contribution is -2.16. The predicted molar refractivity (Wildman–Crippen MR) is 141 cm³/mol. The van der Waals surface area contributed by atoms with Gasteiger partial charge in [-0.2, -0.15) is 0 Å². The fourth-order valence-corrected chi connectivity index (χ4v) is 4.35. The summed E-state index contributed by atoms with van der Waals surface area (Å²) in [5.41, 5.74) is -0.985. The van der Waals surface area contributed by atoms with Gasteiger partial charge in [-0.3, -0.25) is 9.59 Å². The molecule has 0 spiro atoms. The summed E-state index contributed by atoms with van der Waals surface area (Å²) < 4.78 is 11.1. The van der Waals surface area contributed by atoms with Gasteiger partial charge in [-0.05, 0) is 18.6 Å². The molecule has 0 aliphatic rings. The molecule has 3 aromatic rings. The van der Waals surface area contributed by atoms with Crippen molar-refractivity contribution in [3.63, 3.8) is 0 Å². The normalized spacial score (nSPS) is 11.2. The molecule has 0 radical (unpaired) electrons. The van der Waals surface area contributed by atoms with Crippen LogP contribution in [-0.2, 0) is 4.79 Å². The van der Waals surface area contributed by atoms with Gasteiger partial charge in [-0.1, -0.05) is 71.1 Å². The van der Waals surface area contributed by atoms with E-state index < -0.39 is 28.6 Å². The van der Waals surface area contributed by atoms with Crippen molar-refractivity contribution in [3.05, 3.63) is 40.6 Å². The number of carbonyl (C=O) groups is 1. The van der Waals surface area contributed by atoms with Crippen molar-refractivity contribution in [2.24, 2.45) is 0 Å². The lowest BCUT2D eigenvalue weighted by molar-refractivity contribution is -0.134. The van der Waals surface area contributed by atoms with E-state index in [-0.39, 0.29) is 40.2 Å². The standard InChI is InChI=1S/C29H36O8/c1-2-3-4-5-6-7-8-9-10-11-12-13-25(34)37-29-27(35)26-23(33)17-20(31)18-24(26)36-28(29)21-15-14-19(30)16-22(21)32/h14-18,30-33H,2-13H2,1H3. The molecule has 3 rings (SSSR count). The fraction of sp³-hybridized carbons (Fsp3) is 0.448. The highest BCUT2D eigenvalue weighted by Gasteiger charge is 2.24. The number of rotatable bonds is 14. The third-order valence-corrected chi connectivity index (χ3v) is 6.34. The minimum absolute atomic E-state index is 0.00266. The van der Waals surface area contributed by atoms with E-state index in [0.29, 0.717) is 6.42 Å². The molecule has 0 aliphatic carbocycles. The zero-order chi connectivity index (χ0) is 26.8. The highest BCUT2D eigenvalue weighted by Crippen LogP contribution is 2.40. The summed E-state index contributed by atoms with van der Waals surface area (Å²) in [6.45, 7) is 2.21. The molecule has 37 heavy (non-hydrogen) atoms. The van der Waals surface area contributed by atoms with Gasteiger partial charge < -0.3 is 29.6 Å². The Hall–Kier alpha value is -3.68. The van der Waals surface area contributed by atoms with Gasteiger partial charge in [0.2, 0.25) is 11.2 Å². The van der Waals surface area contributed by atoms with Gasteiger partial charge >= 0.3 is 5.97 Å². The molecule has 4 N–H and O–H groups in total. The van der Waals surface area contributed by atoms with E-state index in [1.165, 1.54) is 57.1 Å². The smallest absolute Gasteiger partial charge is 0.311 e. The van der Waals surface area contributed by atoms with Crippen molar-refractivity contribution in [2.45, 2.75) is 84.0 Å². The summed E-state index contributed by atoms with van der Waals surface area (Å²) in [7, 11) is 0. The summed E-state index contributed by atoms with van der Waals surface area (Å²) in [4.78, 5) is 25.8. The summed E-state index contributed by atoms with van der Waals surface area (Å²) in [5.74, 6) is -2.87. The first-order chi connectivity index (χ1) is 17.8. The van der Waals surface area contributed by atoms with Crippen LogP contribution in [0.5, 0.6) is 28.7 Å². The fourth-order valence-electron chi connectivity index (χ4n) is 4.35. The van der Waals surface area contributed by atoms with Crippen molar-refractivity contribution in [1.29, 1.82) is 0 Å². The van der Waals surface area contributed by atoms with Crippen LogP contribution in [0.25, 0.3) is 22.3 Å². The Morgan fingerprint density at radius 1 is 0.784 bits per heavy atom. The Kier molecular flexibility index (Phi) is 10.2. The molecule has 0 amide bonds. The number of fused-ring (bicyclic) bond motifs is 1. The maximum absolute atomic E-state index is 13.2. The van der Waals surface area contributed by atoms with Crippen LogP contribution >= 0.6 is 0 Å². The molecule has 0 saturated heterocycles. The zero-order valence-corrected chi connectivity index (χ0v) is 21.3. The van der Waals surface area contributed by atoms with Crippen LogP contribution in [0.1, 0.15) is 84.0 Å². The second kappa shape index (κ2) is 13.6. The minimum atomic E-state index is -0.825. The third kappa shape index (κ3) is 7.65. The molecule has 2 aromatic carbocycles. The first-order valence-corrected chi connectivity index (χ1v) is 13.1. The first kappa shape index (κ1) is 27.9. The number of carbonyl (C=O) groups excluding carboxylic acids is 1. The van der Waals surface area contributed by atoms with Crippen LogP contribution < -0.4 is 10.2 Å². The van der Waals surface area contributed by atoms with Crippen molar-refractivity contribution in [2.75, 3.05) is 0 Å². The summed E-state index contributed by atoms with van der Waals surface area (Å²) in [5, 5.41) is 39.7. The zero-order valence-electron chi connectivity index (χ0n) is 21.3. The van der Waals surface area contributed by atoms with Crippen molar-refractivity contribution in [3.8, 4) is 40.1 Å². The molecule has 0 bridgehead atoms. The monoisotopic (exact) mass is 512 g/mol. The van der Waals surface area contributed by atoms with Crippen LogP contribution in [0.4, 0.5) is 0 Å². The molecule has 1 aromatic heterocycles. The minimum Gasteiger partial charge on any atom is -0.508 e. The largest absolute Gasteiger partial charge is 0.508 e. The maximum atomic E-state index is 13.2. The van der Waals surface area contributed by atoms with Gasteiger partial charge in [0.1, 0.15) is 34.0 Å². The van der Waals surface area contributed by atoms with E-state index in [1.54, 1.807) is 0 Å². The molecule has 1 heterocycles. The highest BCUT2D eigenvalue weighted by molar-refractivity contribution is 5.90. The maximum Gasteiger partial charge on any atom is 0.311 e. The average Bonchev–Trinajstić information content (AvgIpc) is 2.84. The van der Waals surface area contributed by atoms with E-state index in [9.17, 15) is 30.0 Å². The highest BCUT2D eigenvalue weighted by atomic mass is 16.5. The molecular weight excluding hydrogens is 476 g/mol. The molecule has 0 fully saturated rings. The summed E-state index contributed by atoms with van der Waals surface area (Å²) in [6, 6.07) is 5.74. The first-order valence-electron chi connectivity index (χ1n) is 13.1. The van der Waals surface area contributed by atoms with Gasteiger partial charge in [0.05, 0.1) is 5.56 Å². The second-order valence-electron chi connectivity index (χ2n) is 9.39. The summed E-state index contributed by atoms with van der Waals surface area (Å²) in [6.07, 6.45) is 12.6. The van der Waals surface area contributed by atoms with E-state index in [2.05, 4.69) is 6.92 Å². The molecule has 0 unspecified atom stereocenters. The third-order valence-electron chi connectivity index (χ3n) is 6.34. The van der Waals surface area contributed by atoms with Crippen LogP contribution in [0.3, 0.4) is 0 Å². The van der Waals surface area contributed by atoms with Crippen LogP contribution in [0, 0.1) is 0 Å². The van der Waals surface area contributed by atoms with Gasteiger partial charge in [0, 0.05) is 24.6 Å². The van der Waals surface area contributed by atoms with Crippen molar-refractivity contribution >= 4 is 16.9 Å². The molecule has 0 aliphatic heterocycles. The van der Waals surface area contributed by atoms with E-state index in [0.717, 1.165) is 37.5 Å². The number of phenolic OH excluding ortho intramolecular Hbond substituents is 4. The molecule has 8 heteroatoms. The lowest BCUT2D eigenvalue weighted by atomic mass is 10.1. The Balaban J connectivity index is 1.67. The Morgan fingerprint density at radius 2 is 1.38 bits per heavy atom. The molecule has 200 valence electrons. The number of phenols is 4. The molecule has 8 nitrogen and oxygen atoms in total. The van der Waals surface area contributed by atoms with Crippen LogP contribution in [-0.4, -0.2) is 26.4 Å². The van der Waals surface area contributed by atoms with Gasteiger partial charge in [-0.15, -0.1) is 0 Å². The number of ether oxygens (including phenoxy) is 1. The number of esters is 1.